The van der Waals surface area contributed by atoms with Gasteiger partial charge in [-0.3, -0.25) is 48.3 Å². The number of alkyl halides is 2. The summed E-state index contributed by atoms with van der Waals surface area (Å²) in [7, 11) is -3.43. The highest BCUT2D eigenvalue weighted by Crippen LogP contribution is 2.41. The summed E-state index contributed by atoms with van der Waals surface area (Å²) in [5.41, 5.74) is 9.40. The van der Waals surface area contributed by atoms with Crippen molar-refractivity contribution in [1.82, 2.24) is 39.7 Å². The highest BCUT2D eigenvalue weighted by atomic mass is 32.2. The summed E-state index contributed by atoms with van der Waals surface area (Å²) < 4.78 is 77.5. The van der Waals surface area contributed by atoms with Gasteiger partial charge in [0.15, 0.2) is 0 Å². The highest BCUT2D eigenvalue weighted by Gasteiger charge is 2.46. The molecule has 18 nitrogen and oxygen atoms in total. The molecular weight excluding hydrogens is 898 g/mol. The van der Waals surface area contributed by atoms with Crippen LogP contribution in [0.1, 0.15) is 76.6 Å². The van der Waals surface area contributed by atoms with Crippen LogP contribution in [0.4, 0.5) is 24.7 Å². The Kier molecular flexibility index (Phi) is 11.5. The Morgan fingerprint density at radius 2 is 1.73 bits per heavy atom. The van der Waals surface area contributed by atoms with Crippen molar-refractivity contribution in [3.05, 3.63) is 107 Å². The average Bonchev–Trinajstić information content (AvgIpc) is 4.00. The standard InChI is InChI=1S/C45H41F3N10O8S/c1-23(28-7-3-4-9-31(28)46)66-34-18-25(10-11-32(34)54-67(64,65)45(47)48)39-38-40(55(2)53-39)30(21-50-41(38)49)26-20-51-57(22-26)27-14-16-56(17-15-27)36(60)19-24-6-5-8-29-37(24)44(63)58(43(29)62)33-12-13-35(59)52-42(33)61/h3-11,18,20-23,27,33,45,54H,12-17,19H2,1-2H3,(H2,49,50)(H,52,59,61)/t23-,33?/m0/s1. The molecule has 67 heavy (non-hydrogen) atoms. The molecule has 0 saturated carbocycles. The molecule has 0 aliphatic carbocycles. The van der Waals surface area contributed by atoms with E-state index in [-0.39, 0.29) is 65.2 Å². The predicted octanol–water partition coefficient (Wildman–Crippen LogP) is 5.13. The number of amides is 5. The van der Waals surface area contributed by atoms with E-state index in [1.165, 1.54) is 49.4 Å². The number of anilines is 2. The number of piperidine rings is 2. The number of pyridine rings is 1. The van der Waals surface area contributed by atoms with Crippen molar-refractivity contribution in [3.63, 3.8) is 0 Å². The van der Waals surface area contributed by atoms with Crippen LogP contribution >= 0.6 is 0 Å². The Morgan fingerprint density at radius 3 is 2.46 bits per heavy atom. The number of aromatic nitrogens is 5. The number of imide groups is 2. The molecule has 3 aliphatic rings. The molecule has 6 aromatic rings. The van der Waals surface area contributed by atoms with Gasteiger partial charge in [-0.1, -0.05) is 36.4 Å². The lowest BCUT2D eigenvalue weighted by atomic mass is 9.98. The van der Waals surface area contributed by atoms with Crippen molar-refractivity contribution in [3.8, 4) is 28.1 Å². The van der Waals surface area contributed by atoms with Crippen molar-refractivity contribution in [1.29, 1.82) is 0 Å². The van der Waals surface area contributed by atoms with Crippen LogP contribution in [-0.2, 0) is 37.9 Å². The van der Waals surface area contributed by atoms with Crippen LogP contribution in [0.5, 0.6) is 5.75 Å². The largest absolute Gasteiger partial charge is 0.484 e. The van der Waals surface area contributed by atoms with E-state index >= 15 is 0 Å². The minimum Gasteiger partial charge on any atom is -0.484 e. The Bertz CT molecular complexity index is 3150. The number of sulfonamides is 1. The maximum Gasteiger partial charge on any atom is 0.355 e. The lowest BCUT2D eigenvalue weighted by Crippen LogP contribution is -2.54. The Hall–Kier alpha value is -7.62. The number of nitrogens with two attached hydrogens (primary N) is 1. The number of carbonyl (C=O) groups is 5. The smallest absolute Gasteiger partial charge is 0.355 e. The molecule has 9 rings (SSSR count). The van der Waals surface area contributed by atoms with Gasteiger partial charge < -0.3 is 15.4 Å². The first-order valence-electron chi connectivity index (χ1n) is 21.1. The van der Waals surface area contributed by atoms with Gasteiger partial charge in [-0.05, 0) is 56.0 Å². The third-order valence-electron chi connectivity index (χ3n) is 12.3. The van der Waals surface area contributed by atoms with Crippen LogP contribution in [-0.4, -0.2) is 97.2 Å². The van der Waals surface area contributed by atoms with Crippen molar-refractivity contribution in [2.45, 2.75) is 63.0 Å². The summed E-state index contributed by atoms with van der Waals surface area (Å²) in [6, 6.07) is 13.4. The second-order valence-corrected chi connectivity index (χ2v) is 18.1. The van der Waals surface area contributed by atoms with E-state index < -0.39 is 57.4 Å². The number of rotatable bonds is 12. The number of likely N-dealkylation sites (tertiary alicyclic amines) is 1. The number of nitrogens with one attached hydrogen (secondary N) is 2. The van der Waals surface area contributed by atoms with Gasteiger partial charge in [0.05, 0.1) is 46.4 Å². The number of hydrogen-bond acceptors (Lipinski definition) is 12. The van der Waals surface area contributed by atoms with E-state index in [4.69, 9.17) is 15.6 Å². The fourth-order valence-electron chi connectivity index (χ4n) is 8.92. The van der Waals surface area contributed by atoms with Crippen LogP contribution in [0.15, 0.2) is 79.3 Å². The molecular formula is C45H41F3N10O8S. The molecule has 2 atom stereocenters. The van der Waals surface area contributed by atoms with Gasteiger partial charge in [0.2, 0.25) is 17.7 Å². The van der Waals surface area contributed by atoms with E-state index in [0.717, 1.165) is 4.90 Å². The number of benzene rings is 3. The number of nitrogen functional groups attached to an aromatic ring is 1. The summed E-state index contributed by atoms with van der Waals surface area (Å²) in [4.78, 5) is 71.9. The monoisotopic (exact) mass is 938 g/mol. The summed E-state index contributed by atoms with van der Waals surface area (Å²) in [6.07, 6.45) is 5.09. The maximum atomic E-state index is 14.7. The molecule has 3 aromatic carbocycles. The number of aryl methyl sites for hydroxylation is 1. The summed E-state index contributed by atoms with van der Waals surface area (Å²) in [5.74, 6) is -7.15. The van der Waals surface area contributed by atoms with Crippen LogP contribution in [0.25, 0.3) is 33.3 Å². The molecule has 2 fully saturated rings. The first kappa shape index (κ1) is 44.6. The van der Waals surface area contributed by atoms with Crippen LogP contribution in [0, 0.1) is 5.82 Å². The van der Waals surface area contributed by atoms with Crippen molar-refractivity contribution in [2.75, 3.05) is 23.5 Å². The van der Waals surface area contributed by atoms with E-state index in [9.17, 15) is 45.6 Å². The molecule has 4 N–H and O–H groups in total. The lowest BCUT2D eigenvalue weighted by molar-refractivity contribution is -0.136. The number of nitrogens with zero attached hydrogens (tertiary/aromatic N) is 7. The number of carbonyl (C=O) groups excluding carboxylic acids is 5. The van der Waals surface area contributed by atoms with Gasteiger partial charge in [-0.25, -0.2) is 17.8 Å². The van der Waals surface area contributed by atoms with Crippen molar-refractivity contribution in [2.24, 2.45) is 7.05 Å². The van der Waals surface area contributed by atoms with Crippen molar-refractivity contribution >= 4 is 62.0 Å². The third-order valence-corrected chi connectivity index (χ3v) is 13.3. The van der Waals surface area contributed by atoms with Gasteiger partial charge in [-0.15, -0.1) is 0 Å². The molecule has 5 amide bonds. The Balaban J connectivity index is 0.924. The fourth-order valence-corrected chi connectivity index (χ4v) is 9.48. The van der Waals surface area contributed by atoms with E-state index in [0.29, 0.717) is 64.8 Å². The quantitative estimate of drug-likeness (QED) is 0.136. The van der Waals surface area contributed by atoms with Crippen LogP contribution < -0.4 is 20.5 Å². The molecule has 0 radical (unpaired) electrons. The number of ether oxygens (including phenoxy) is 1. The van der Waals surface area contributed by atoms with Gasteiger partial charge >= 0.3 is 5.76 Å². The SMILES string of the molecule is C[C@H](Oc1cc(-c2nn(C)c3c(-c4cnn(C5CCN(C(=O)Cc6cccc7c6C(=O)N(C6CCC(=O)NC6=O)C7=O)CC5)c4)cnc(N)c23)ccc1NS(=O)(=O)C(F)F)c1ccccc1F. The summed E-state index contributed by atoms with van der Waals surface area (Å²) in [5, 5.41) is 12.0. The topological polar surface area (TPSA) is 234 Å². The van der Waals surface area contributed by atoms with Gasteiger partial charge in [0, 0.05) is 61.2 Å². The zero-order valence-electron chi connectivity index (χ0n) is 35.8. The number of hydrogen-bond donors (Lipinski definition) is 3. The highest BCUT2D eigenvalue weighted by molar-refractivity contribution is 7.93. The first-order valence-corrected chi connectivity index (χ1v) is 22.7. The second kappa shape index (κ2) is 17.3. The van der Waals surface area contributed by atoms with E-state index in [2.05, 4.69) is 15.4 Å². The summed E-state index contributed by atoms with van der Waals surface area (Å²) >= 11 is 0. The zero-order valence-corrected chi connectivity index (χ0v) is 36.6. The minimum atomic E-state index is -5.12. The average molecular weight is 939 g/mol. The first-order chi connectivity index (χ1) is 32.0. The second-order valence-electron chi connectivity index (χ2n) is 16.4. The minimum absolute atomic E-state index is 0.0111. The van der Waals surface area contributed by atoms with Gasteiger partial charge in [0.1, 0.15) is 35.2 Å². The zero-order chi connectivity index (χ0) is 47.5. The fraction of sp³-hybridized carbons (Fsp3) is 0.289. The summed E-state index contributed by atoms with van der Waals surface area (Å²) in [6.45, 7) is 2.29. The number of fused-ring (bicyclic) bond motifs is 2. The van der Waals surface area contributed by atoms with Crippen LogP contribution in [0.3, 0.4) is 0 Å². The van der Waals surface area contributed by atoms with E-state index in [1.54, 1.807) is 47.2 Å². The van der Waals surface area contributed by atoms with Crippen LogP contribution in [0.2, 0.25) is 0 Å². The van der Waals surface area contributed by atoms with Gasteiger partial charge in [0.25, 0.3) is 21.8 Å². The normalized spacial score (nSPS) is 17.3. The van der Waals surface area contributed by atoms with E-state index in [1.807, 2.05) is 15.6 Å². The molecule has 346 valence electrons. The third kappa shape index (κ3) is 8.21. The lowest BCUT2D eigenvalue weighted by Gasteiger charge is -2.32. The Morgan fingerprint density at radius 1 is 0.970 bits per heavy atom. The predicted molar refractivity (Wildman–Crippen MR) is 235 cm³/mol. The molecule has 6 heterocycles. The van der Waals surface area contributed by atoms with Gasteiger partial charge in [-0.2, -0.15) is 19.0 Å². The number of halogens is 3. The molecule has 3 aliphatic heterocycles. The molecule has 2 saturated heterocycles. The molecule has 3 aromatic heterocycles. The Labute approximate surface area is 379 Å². The molecule has 22 heteroatoms. The van der Waals surface area contributed by atoms with Crippen molar-refractivity contribution < 1.29 is 50.3 Å². The molecule has 1 unspecified atom stereocenters. The maximum absolute atomic E-state index is 14.7. The molecule has 0 spiro atoms. The molecule has 0 bridgehead atoms.